The zero-order valence-electron chi connectivity index (χ0n) is 10.3. The summed E-state index contributed by atoms with van der Waals surface area (Å²) in [5, 5.41) is 0. The van der Waals surface area contributed by atoms with Crippen molar-refractivity contribution in [2.75, 3.05) is 13.7 Å². The standard InChI is InChI=1S/C12H14N2O3S/c1-7-13-11-9(5-10(18-11)12(15)16-2)14(7)6-8-3-4-17-8/h5,8H,3-4,6H2,1-2H3/t8-/m0/s1. The summed E-state index contributed by atoms with van der Waals surface area (Å²) < 4.78 is 12.3. The zero-order chi connectivity index (χ0) is 12.7. The smallest absolute Gasteiger partial charge is 0.348 e. The minimum Gasteiger partial charge on any atom is -0.465 e. The normalized spacial score (nSPS) is 18.9. The number of hydrogen-bond acceptors (Lipinski definition) is 5. The third-order valence-corrected chi connectivity index (χ3v) is 4.20. The van der Waals surface area contributed by atoms with Gasteiger partial charge in [-0.05, 0) is 19.4 Å². The quantitative estimate of drug-likeness (QED) is 0.797. The molecule has 0 aromatic carbocycles. The molecule has 1 saturated heterocycles. The monoisotopic (exact) mass is 266 g/mol. The van der Waals surface area contributed by atoms with Crippen LogP contribution >= 0.6 is 11.3 Å². The predicted molar refractivity (Wildman–Crippen MR) is 68.0 cm³/mol. The number of aromatic nitrogens is 2. The topological polar surface area (TPSA) is 53.3 Å². The number of thiophene rings is 1. The van der Waals surface area contributed by atoms with Crippen molar-refractivity contribution in [3.63, 3.8) is 0 Å². The molecule has 0 amide bonds. The van der Waals surface area contributed by atoms with Gasteiger partial charge in [0.25, 0.3) is 0 Å². The molecule has 0 spiro atoms. The van der Waals surface area contributed by atoms with Crippen LogP contribution in [0.2, 0.25) is 0 Å². The van der Waals surface area contributed by atoms with Crippen LogP contribution in [0.4, 0.5) is 0 Å². The molecule has 3 heterocycles. The number of imidazole rings is 1. The fraction of sp³-hybridized carbons (Fsp3) is 0.500. The van der Waals surface area contributed by atoms with Crippen molar-refractivity contribution < 1.29 is 14.3 Å². The first-order chi connectivity index (χ1) is 8.69. The largest absolute Gasteiger partial charge is 0.465 e. The molecule has 0 N–H and O–H groups in total. The van der Waals surface area contributed by atoms with Gasteiger partial charge in [0.05, 0.1) is 25.3 Å². The molecule has 2 aromatic rings. The van der Waals surface area contributed by atoms with Crippen LogP contribution in [-0.2, 0) is 16.0 Å². The van der Waals surface area contributed by atoms with Gasteiger partial charge in [-0.2, -0.15) is 0 Å². The zero-order valence-corrected chi connectivity index (χ0v) is 11.1. The molecule has 5 nitrogen and oxygen atoms in total. The van der Waals surface area contributed by atoms with Crippen molar-refractivity contribution in [1.29, 1.82) is 0 Å². The number of carbonyl (C=O) groups excluding carboxylic acids is 1. The second-order valence-corrected chi connectivity index (χ2v) is 5.37. The van der Waals surface area contributed by atoms with Crippen LogP contribution in [-0.4, -0.2) is 35.3 Å². The fourth-order valence-corrected chi connectivity index (χ4v) is 3.09. The Kier molecular flexibility index (Phi) is 2.83. The van der Waals surface area contributed by atoms with E-state index < -0.39 is 0 Å². The Morgan fingerprint density at radius 1 is 1.72 bits per heavy atom. The number of rotatable bonds is 3. The van der Waals surface area contributed by atoms with E-state index in [-0.39, 0.29) is 12.1 Å². The molecule has 1 atom stereocenters. The molecule has 0 saturated carbocycles. The van der Waals surface area contributed by atoms with Crippen molar-refractivity contribution in [3.8, 4) is 0 Å². The van der Waals surface area contributed by atoms with Gasteiger partial charge in [0.2, 0.25) is 0 Å². The molecule has 96 valence electrons. The maximum absolute atomic E-state index is 11.5. The van der Waals surface area contributed by atoms with E-state index in [2.05, 4.69) is 9.55 Å². The molecule has 0 bridgehead atoms. The van der Waals surface area contributed by atoms with Crippen LogP contribution in [0.15, 0.2) is 6.07 Å². The van der Waals surface area contributed by atoms with Crippen LogP contribution in [0, 0.1) is 6.92 Å². The Hall–Kier alpha value is -1.40. The average molecular weight is 266 g/mol. The van der Waals surface area contributed by atoms with Gasteiger partial charge >= 0.3 is 5.97 Å². The van der Waals surface area contributed by atoms with Crippen molar-refractivity contribution in [3.05, 3.63) is 16.8 Å². The van der Waals surface area contributed by atoms with E-state index in [1.165, 1.54) is 18.4 Å². The first-order valence-corrected chi connectivity index (χ1v) is 6.67. The van der Waals surface area contributed by atoms with E-state index in [0.717, 1.165) is 35.7 Å². The Morgan fingerprint density at radius 3 is 3.11 bits per heavy atom. The molecule has 18 heavy (non-hydrogen) atoms. The van der Waals surface area contributed by atoms with E-state index in [1.807, 2.05) is 13.0 Å². The average Bonchev–Trinajstić information content (AvgIpc) is 2.80. The van der Waals surface area contributed by atoms with Gasteiger partial charge < -0.3 is 14.0 Å². The summed E-state index contributed by atoms with van der Waals surface area (Å²) in [5.74, 6) is 0.658. The third-order valence-electron chi connectivity index (χ3n) is 3.20. The minimum absolute atomic E-state index is 0.280. The maximum Gasteiger partial charge on any atom is 0.348 e. The van der Waals surface area contributed by atoms with Crippen molar-refractivity contribution in [2.45, 2.75) is 26.0 Å². The number of fused-ring (bicyclic) bond motifs is 1. The van der Waals surface area contributed by atoms with Gasteiger partial charge in [-0.15, -0.1) is 11.3 Å². The van der Waals surface area contributed by atoms with Gasteiger partial charge in [-0.25, -0.2) is 9.78 Å². The number of aryl methyl sites for hydroxylation is 1. The highest BCUT2D eigenvalue weighted by Crippen LogP contribution is 2.28. The van der Waals surface area contributed by atoms with Gasteiger partial charge in [-0.1, -0.05) is 0 Å². The van der Waals surface area contributed by atoms with E-state index in [0.29, 0.717) is 4.88 Å². The third kappa shape index (κ3) is 1.81. The van der Waals surface area contributed by atoms with Crippen LogP contribution in [0.5, 0.6) is 0 Å². The molecule has 0 aliphatic carbocycles. The SMILES string of the molecule is COC(=O)c1cc2c(nc(C)n2C[C@@H]2CCO2)s1. The molecule has 0 unspecified atom stereocenters. The summed E-state index contributed by atoms with van der Waals surface area (Å²) >= 11 is 1.37. The highest BCUT2D eigenvalue weighted by molar-refractivity contribution is 7.20. The molecular weight excluding hydrogens is 252 g/mol. The second kappa shape index (κ2) is 4.37. The Morgan fingerprint density at radius 2 is 2.50 bits per heavy atom. The number of esters is 1. The van der Waals surface area contributed by atoms with Crippen LogP contribution < -0.4 is 0 Å². The summed E-state index contributed by atoms with van der Waals surface area (Å²) in [7, 11) is 1.39. The number of carbonyl (C=O) groups is 1. The first kappa shape index (κ1) is 11.7. The summed E-state index contributed by atoms with van der Waals surface area (Å²) in [5.41, 5.74) is 0.994. The van der Waals surface area contributed by atoms with E-state index in [9.17, 15) is 4.79 Å². The first-order valence-electron chi connectivity index (χ1n) is 5.85. The van der Waals surface area contributed by atoms with E-state index in [1.54, 1.807) is 0 Å². The molecule has 1 aliphatic heterocycles. The molecule has 3 rings (SSSR count). The summed E-state index contributed by atoms with van der Waals surface area (Å²) in [6.07, 6.45) is 1.37. The fourth-order valence-electron chi connectivity index (χ4n) is 2.09. The van der Waals surface area contributed by atoms with Gasteiger partial charge in [0.15, 0.2) is 0 Å². The lowest BCUT2D eigenvalue weighted by molar-refractivity contribution is -0.0589. The van der Waals surface area contributed by atoms with Gasteiger partial charge in [-0.3, -0.25) is 0 Å². The molecule has 1 aliphatic rings. The molecule has 0 radical (unpaired) electrons. The van der Waals surface area contributed by atoms with E-state index >= 15 is 0 Å². The van der Waals surface area contributed by atoms with Crippen molar-refractivity contribution in [1.82, 2.24) is 9.55 Å². The Balaban J connectivity index is 1.97. The molecule has 2 aromatic heterocycles. The number of nitrogens with zero attached hydrogens (tertiary/aromatic N) is 2. The highest BCUT2D eigenvalue weighted by Gasteiger charge is 2.22. The maximum atomic E-state index is 11.5. The highest BCUT2D eigenvalue weighted by atomic mass is 32.1. The summed E-state index contributed by atoms with van der Waals surface area (Å²) in [6, 6.07) is 1.85. The molecule has 1 fully saturated rings. The van der Waals surface area contributed by atoms with Crippen LogP contribution in [0.3, 0.4) is 0 Å². The summed E-state index contributed by atoms with van der Waals surface area (Å²) in [6.45, 7) is 3.63. The van der Waals surface area contributed by atoms with Crippen LogP contribution in [0.25, 0.3) is 10.3 Å². The van der Waals surface area contributed by atoms with Gasteiger partial charge in [0.1, 0.15) is 15.5 Å². The lowest BCUT2D eigenvalue weighted by Crippen LogP contribution is -2.31. The lowest BCUT2D eigenvalue weighted by Gasteiger charge is -2.27. The second-order valence-electron chi connectivity index (χ2n) is 4.34. The van der Waals surface area contributed by atoms with E-state index in [4.69, 9.17) is 9.47 Å². The number of methoxy groups -OCH3 is 1. The molecular formula is C12H14N2O3S. The molecule has 6 heteroatoms. The minimum atomic E-state index is -0.304. The van der Waals surface area contributed by atoms with Crippen LogP contribution in [0.1, 0.15) is 21.9 Å². The predicted octanol–water partition coefficient (Wildman–Crippen LogP) is 1.98. The Bertz CT molecular complexity index is 598. The lowest BCUT2D eigenvalue weighted by atomic mass is 10.2. The van der Waals surface area contributed by atoms with Gasteiger partial charge in [0, 0.05) is 6.61 Å². The number of ether oxygens (including phenoxy) is 2. The summed E-state index contributed by atoms with van der Waals surface area (Å²) in [4.78, 5) is 17.5. The number of hydrogen-bond donors (Lipinski definition) is 0. The van der Waals surface area contributed by atoms with Crippen molar-refractivity contribution in [2.24, 2.45) is 0 Å². The Labute approximate surface area is 108 Å². The van der Waals surface area contributed by atoms with Crippen molar-refractivity contribution >= 4 is 27.7 Å².